The van der Waals surface area contributed by atoms with Crippen LogP contribution in [0.2, 0.25) is 0 Å². The van der Waals surface area contributed by atoms with Gasteiger partial charge in [0.15, 0.2) is 0 Å². The number of carbonyl (C=O) groups excluding carboxylic acids is 3. The van der Waals surface area contributed by atoms with Crippen molar-refractivity contribution in [2.75, 3.05) is 36.4 Å². The number of aliphatic carboxylic acids is 3. The molecule has 0 saturated carbocycles. The average molecular weight is 766 g/mol. The van der Waals surface area contributed by atoms with Crippen LogP contribution in [-0.2, 0) is 36.9 Å². The van der Waals surface area contributed by atoms with E-state index in [1.54, 1.807) is 23.1 Å². The van der Waals surface area contributed by atoms with Gasteiger partial charge in [-0.2, -0.15) is 26.3 Å². The summed E-state index contributed by atoms with van der Waals surface area (Å²) < 4.78 is 63.5. The number of carboxylic acids is 3. The highest BCUT2D eigenvalue weighted by atomic mass is 19.4. The Bertz CT molecular complexity index is 1550. The Morgan fingerprint density at radius 2 is 1.34 bits per heavy atom. The third-order valence-corrected chi connectivity index (χ3v) is 7.22. The molecule has 294 valence electrons. The van der Waals surface area contributed by atoms with Crippen LogP contribution >= 0.6 is 0 Å². The predicted octanol–water partition coefficient (Wildman–Crippen LogP) is 4.16. The number of rotatable bonds is 15. The molecule has 0 fully saturated rings. The van der Waals surface area contributed by atoms with Gasteiger partial charge >= 0.3 is 30.3 Å². The molecule has 1 aliphatic heterocycles. The summed E-state index contributed by atoms with van der Waals surface area (Å²) in [6.07, 6.45) is -4.77. The second-order valence-electron chi connectivity index (χ2n) is 11.4. The maximum absolute atomic E-state index is 13.5. The van der Waals surface area contributed by atoms with Gasteiger partial charge in [0, 0.05) is 18.7 Å². The molecule has 14 nitrogen and oxygen atoms in total. The van der Waals surface area contributed by atoms with E-state index < -0.39 is 30.3 Å². The monoisotopic (exact) mass is 765 g/mol. The first-order chi connectivity index (χ1) is 24.7. The first-order valence-corrected chi connectivity index (χ1v) is 16.0. The zero-order chi connectivity index (χ0) is 40.4. The standard InChI is InChI=1S/C29H39N5O5.2C2HF3O2/c30-15-6-2-1-3-8-21-12-13-25-23(18-21)29(39)33(17-14-28(37)38)20-27(36)34(25)19-22-9-4-5-10-24(22)32-26(35)11-7-16-31;2*3-2(4,5)1(6)7/h4-5,9-10,12-13,18H,1-3,6-8,11,14-17,19-20,30-31H2,(H,32,35)(H,37,38);2*(H,6,7). The van der Waals surface area contributed by atoms with Crippen LogP contribution < -0.4 is 21.7 Å². The summed E-state index contributed by atoms with van der Waals surface area (Å²) in [6, 6.07) is 12.8. The van der Waals surface area contributed by atoms with Crippen molar-refractivity contribution < 1.29 is 70.4 Å². The topological polar surface area (TPSA) is 234 Å². The molecular weight excluding hydrogens is 724 g/mol. The maximum Gasteiger partial charge on any atom is 0.490 e. The molecule has 2 aromatic carbocycles. The number of nitrogens with zero attached hydrogens (tertiary/aromatic N) is 2. The number of anilines is 2. The van der Waals surface area contributed by atoms with Gasteiger partial charge in [0.05, 0.1) is 24.2 Å². The number of aryl methyl sites for hydroxylation is 1. The van der Waals surface area contributed by atoms with Gasteiger partial charge in [0.2, 0.25) is 11.8 Å². The van der Waals surface area contributed by atoms with E-state index in [0.29, 0.717) is 48.4 Å². The molecule has 0 atom stereocenters. The third kappa shape index (κ3) is 16.8. The van der Waals surface area contributed by atoms with E-state index in [0.717, 1.165) is 37.7 Å². The molecule has 3 amide bonds. The molecule has 1 heterocycles. The Labute approximate surface area is 299 Å². The summed E-state index contributed by atoms with van der Waals surface area (Å²) >= 11 is 0. The number of carbonyl (C=O) groups is 6. The highest BCUT2D eigenvalue weighted by molar-refractivity contribution is 6.10. The van der Waals surface area contributed by atoms with E-state index in [-0.39, 0.29) is 43.8 Å². The Kier molecular flexibility index (Phi) is 19.0. The van der Waals surface area contributed by atoms with Crippen molar-refractivity contribution in [2.24, 2.45) is 11.5 Å². The van der Waals surface area contributed by atoms with E-state index in [1.165, 1.54) is 4.90 Å². The van der Waals surface area contributed by atoms with Crippen LogP contribution in [0.3, 0.4) is 0 Å². The number of hydrogen-bond acceptors (Lipinski definition) is 8. The van der Waals surface area contributed by atoms with Crippen LogP contribution in [0, 0.1) is 0 Å². The Morgan fingerprint density at radius 3 is 1.89 bits per heavy atom. The average Bonchev–Trinajstić information content (AvgIpc) is 3.16. The molecule has 0 aliphatic carbocycles. The number of amides is 3. The zero-order valence-electron chi connectivity index (χ0n) is 28.3. The molecular formula is C33H41F6N5O9. The van der Waals surface area contributed by atoms with Crippen molar-refractivity contribution >= 4 is 47.0 Å². The maximum atomic E-state index is 13.5. The Hall–Kier alpha value is -5.24. The first kappa shape index (κ1) is 45.8. The lowest BCUT2D eigenvalue weighted by Gasteiger charge is -2.24. The molecule has 0 aromatic heterocycles. The van der Waals surface area contributed by atoms with Crippen molar-refractivity contribution in [1.82, 2.24) is 4.90 Å². The number of carboxylic acid groups (broad SMARTS) is 3. The summed E-state index contributed by atoms with van der Waals surface area (Å²) in [5.74, 6) is -7.41. The minimum atomic E-state index is -5.08. The molecule has 0 spiro atoms. The lowest BCUT2D eigenvalue weighted by molar-refractivity contribution is -0.193. The van der Waals surface area contributed by atoms with Gasteiger partial charge in [0.25, 0.3) is 5.91 Å². The SMILES string of the molecule is NCCCCCCc1ccc2c(c1)C(=O)N(CCC(=O)O)CC(=O)N2Cc1ccccc1NC(=O)CCCN.O=C(O)C(F)(F)F.O=C(O)C(F)(F)F. The van der Waals surface area contributed by atoms with Gasteiger partial charge < -0.3 is 41.9 Å². The molecule has 20 heteroatoms. The number of para-hydroxylation sites is 1. The summed E-state index contributed by atoms with van der Waals surface area (Å²) in [6.45, 7) is 0.919. The van der Waals surface area contributed by atoms with Gasteiger partial charge in [0.1, 0.15) is 6.54 Å². The zero-order valence-corrected chi connectivity index (χ0v) is 28.3. The molecule has 2 aromatic rings. The lowest BCUT2D eigenvalue weighted by Crippen LogP contribution is -2.40. The van der Waals surface area contributed by atoms with E-state index >= 15 is 0 Å². The first-order valence-electron chi connectivity index (χ1n) is 16.0. The van der Waals surface area contributed by atoms with Crippen molar-refractivity contribution in [3.63, 3.8) is 0 Å². The van der Waals surface area contributed by atoms with Gasteiger partial charge in [-0.3, -0.25) is 19.2 Å². The van der Waals surface area contributed by atoms with E-state index in [9.17, 15) is 50.6 Å². The molecule has 0 bridgehead atoms. The number of nitrogens with two attached hydrogens (primary N) is 2. The number of hydrogen-bond donors (Lipinski definition) is 6. The van der Waals surface area contributed by atoms with Gasteiger partial charge in [-0.05, 0) is 68.1 Å². The summed E-state index contributed by atoms with van der Waals surface area (Å²) in [5, 5.41) is 26.3. The second-order valence-corrected chi connectivity index (χ2v) is 11.4. The fraction of sp³-hybridized carbons (Fsp3) is 0.455. The quantitative estimate of drug-likeness (QED) is 0.111. The number of nitrogens with one attached hydrogen (secondary N) is 1. The smallest absolute Gasteiger partial charge is 0.481 e. The van der Waals surface area contributed by atoms with E-state index in [2.05, 4.69) is 5.32 Å². The number of alkyl halides is 6. The third-order valence-electron chi connectivity index (χ3n) is 7.22. The molecule has 0 radical (unpaired) electrons. The molecule has 53 heavy (non-hydrogen) atoms. The second kappa shape index (κ2) is 22.0. The molecule has 0 saturated heterocycles. The van der Waals surface area contributed by atoms with Crippen molar-refractivity contribution in [3.05, 3.63) is 59.2 Å². The largest absolute Gasteiger partial charge is 0.490 e. The van der Waals surface area contributed by atoms with Crippen molar-refractivity contribution in [1.29, 1.82) is 0 Å². The Balaban J connectivity index is 0.000000845. The van der Waals surface area contributed by atoms with Crippen LogP contribution in [-0.4, -0.2) is 94.4 Å². The molecule has 3 rings (SSSR count). The van der Waals surface area contributed by atoms with Gasteiger partial charge in [-0.25, -0.2) is 9.59 Å². The minimum Gasteiger partial charge on any atom is -0.481 e. The highest BCUT2D eigenvalue weighted by Gasteiger charge is 2.39. The lowest BCUT2D eigenvalue weighted by atomic mass is 10.0. The molecule has 0 unspecified atom stereocenters. The van der Waals surface area contributed by atoms with Crippen LogP contribution in [0.4, 0.5) is 37.7 Å². The molecule has 8 N–H and O–H groups in total. The fourth-order valence-electron chi connectivity index (χ4n) is 4.61. The summed E-state index contributed by atoms with van der Waals surface area (Å²) in [5.41, 5.74) is 14.2. The number of unbranched alkanes of at least 4 members (excludes halogenated alkanes) is 3. The van der Waals surface area contributed by atoms with Crippen LogP contribution in [0.25, 0.3) is 0 Å². The van der Waals surface area contributed by atoms with Crippen LogP contribution in [0.15, 0.2) is 42.5 Å². The van der Waals surface area contributed by atoms with Crippen LogP contribution in [0.5, 0.6) is 0 Å². The number of benzene rings is 2. The summed E-state index contributed by atoms with van der Waals surface area (Å²) in [7, 11) is 0. The normalized spacial score (nSPS) is 12.8. The Morgan fingerprint density at radius 1 is 0.774 bits per heavy atom. The summed E-state index contributed by atoms with van der Waals surface area (Å²) in [4.78, 5) is 71.3. The predicted molar refractivity (Wildman–Crippen MR) is 178 cm³/mol. The van der Waals surface area contributed by atoms with E-state index in [1.807, 2.05) is 24.3 Å². The van der Waals surface area contributed by atoms with Crippen molar-refractivity contribution in [3.8, 4) is 0 Å². The number of halogens is 6. The van der Waals surface area contributed by atoms with E-state index in [4.69, 9.17) is 31.3 Å². The van der Waals surface area contributed by atoms with Gasteiger partial charge in [-0.1, -0.05) is 37.1 Å². The molecule has 1 aliphatic rings. The number of fused-ring (bicyclic) bond motifs is 1. The highest BCUT2D eigenvalue weighted by Crippen LogP contribution is 2.31. The minimum absolute atomic E-state index is 0.0652. The van der Waals surface area contributed by atoms with Gasteiger partial charge in [-0.15, -0.1) is 0 Å². The fourth-order valence-corrected chi connectivity index (χ4v) is 4.61. The van der Waals surface area contributed by atoms with Crippen molar-refractivity contribution in [2.45, 2.75) is 70.3 Å². The van der Waals surface area contributed by atoms with Crippen LogP contribution in [0.1, 0.15) is 66.4 Å².